The highest BCUT2D eigenvalue weighted by Gasteiger charge is 2.29. The number of piperidine rings is 1. The van der Waals surface area contributed by atoms with Crippen LogP contribution in [0.3, 0.4) is 0 Å². The third-order valence-corrected chi connectivity index (χ3v) is 3.68. The van der Waals surface area contributed by atoms with Crippen LogP contribution in [0.25, 0.3) is 0 Å². The van der Waals surface area contributed by atoms with Crippen molar-refractivity contribution in [2.75, 3.05) is 13.1 Å². The fourth-order valence-electron chi connectivity index (χ4n) is 1.32. The molecule has 5 nitrogen and oxygen atoms in total. The van der Waals surface area contributed by atoms with Gasteiger partial charge < -0.3 is 5.11 Å². The smallest absolute Gasteiger partial charge is 0.306 e. The van der Waals surface area contributed by atoms with Gasteiger partial charge in [0.2, 0.25) is 0 Å². The van der Waals surface area contributed by atoms with Crippen molar-refractivity contribution in [3.8, 4) is 0 Å². The Labute approximate surface area is 80.8 Å². The lowest BCUT2D eigenvalue weighted by atomic mass is 9.99. The molecule has 1 fully saturated rings. The summed E-state index contributed by atoms with van der Waals surface area (Å²) in [7, 11) is 1.43. The number of carbonyl (C=O) groups is 1. The van der Waals surface area contributed by atoms with Crippen molar-refractivity contribution in [2.24, 2.45) is 5.92 Å². The number of carboxylic acids is 1. The Balaban J connectivity index is 2.53. The van der Waals surface area contributed by atoms with Crippen LogP contribution in [0.5, 0.6) is 0 Å². The van der Waals surface area contributed by atoms with Crippen molar-refractivity contribution < 1.29 is 18.3 Å². The van der Waals surface area contributed by atoms with Gasteiger partial charge in [0.25, 0.3) is 9.24 Å². The number of nitrogens with zero attached hydrogens (tertiary/aromatic N) is 1. The molecule has 13 heavy (non-hydrogen) atoms. The number of carboxylic acid groups (broad SMARTS) is 1. The second kappa shape index (κ2) is 3.81. The van der Waals surface area contributed by atoms with E-state index in [9.17, 15) is 13.2 Å². The van der Waals surface area contributed by atoms with E-state index in [1.54, 1.807) is 0 Å². The van der Waals surface area contributed by atoms with Gasteiger partial charge in [0.15, 0.2) is 0 Å². The first-order valence-corrected chi connectivity index (χ1v) is 6.10. The number of hydrogen-bond donors (Lipinski definition) is 1. The number of halogens is 1. The Bertz CT molecular complexity index is 294. The zero-order valence-corrected chi connectivity index (χ0v) is 8.38. The molecule has 1 rings (SSSR count). The van der Waals surface area contributed by atoms with Crippen LogP contribution in [-0.2, 0) is 14.0 Å². The van der Waals surface area contributed by atoms with Crippen LogP contribution >= 0.6 is 10.7 Å². The van der Waals surface area contributed by atoms with Crippen molar-refractivity contribution >= 4 is 25.9 Å². The van der Waals surface area contributed by atoms with Gasteiger partial charge in [0.05, 0.1) is 5.92 Å². The Morgan fingerprint density at radius 3 is 2.15 bits per heavy atom. The van der Waals surface area contributed by atoms with Gasteiger partial charge in [0, 0.05) is 23.8 Å². The zero-order chi connectivity index (χ0) is 10.1. The minimum absolute atomic E-state index is 0.197. The molecule has 0 unspecified atom stereocenters. The number of aliphatic carboxylic acids is 1. The predicted octanol–water partition coefficient (Wildman–Crippen LogP) is 0.267. The molecule has 76 valence electrons. The average molecular weight is 228 g/mol. The summed E-state index contributed by atoms with van der Waals surface area (Å²) in [6, 6.07) is 0. The van der Waals surface area contributed by atoms with Gasteiger partial charge in [-0.15, -0.1) is 0 Å². The Morgan fingerprint density at radius 1 is 1.38 bits per heavy atom. The normalized spacial score (nSPS) is 21.6. The van der Waals surface area contributed by atoms with E-state index >= 15 is 0 Å². The molecule has 1 aliphatic rings. The molecule has 1 N–H and O–H groups in total. The van der Waals surface area contributed by atoms with Gasteiger partial charge in [-0.25, -0.2) is 0 Å². The van der Waals surface area contributed by atoms with E-state index in [-0.39, 0.29) is 13.1 Å². The highest BCUT2D eigenvalue weighted by molar-refractivity contribution is 8.11. The quantitative estimate of drug-likeness (QED) is 0.687. The van der Waals surface area contributed by atoms with Crippen molar-refractivity contribution in [3.05, 3.63) is 0 Å². The molecule has 0 bridgehead atoms. The molecule has 0 spiro atoms. The summed E-state index contributed by atoms with van der Waals surface area (Å²) in [5.74, 6) is -1.30. The van der Waals surface area contributed by atoms with Crippen molar-refractivity contribution in [1.82, 2.24) is 4.31 Å². The largest absolute Gasteiger partial charge is 0.481 e. The summed E-state index contributed by atoms with van der Waals surface area (Å²) >= 11 is 0. The molecule has 0 aromatic rings. The molecule has 0 radical (unpaired) electrons. The molecule has 0 aromatic heterocycles. The van der Waals surface area contributed by atoms with Gasteiger partial charge in [-0.2, -0.15) is 12.7 Å². The standard InChI is InChI=1S/C6H10ClNO4S/c7-13(11,12)8-3-1-5(2-4-8)6(9)10/h5H,1-4H2,(H,9,10). The fourth-order valence-corrected chi connectivity index (χ4v) is 2.38. The lowest BCUT2D eigenvalue weighted by molar-refractivity contribution is -0.142. The second-order valence-electron chi connectivity index (χ2n) is 2.95. The maximum Gasteiger partial charge on any atom is 0.306 e. The summed E-state index contributed by atoms with van der Waals surface area (Å²) < 4.78 is 22.7. The average Bonchev–Trinajstić information content (AvgIpc) is 2.03. The number of rotatable bonds is 2. The lowest BCUT2D eigenvalue weighted by Gasteiger charge is -2.26. The van der Waals surface area contributed by atoms with Gasteiger partial charge in [-0.1, -0.05) is 0 Å². The molecule has 1 heterocycles. The van der Waals surface area contributed by atoms with E-state index in [0.29, 0.717) is 12.8 Å². The summed E-state index contributed by atoms with van der Waals surface area (Å²) in [5.41, 5.74) is 0. The van der Waals surface area contributed by atoms with Crippen molar-refractivity contribution in [1.29, 1.82) is 0 Å². The SMILES string of the molecule is O=C(O)C1CCN(S(=O)(=O)Cl)CC1. The molecule has 0 aromatic carbocycles. The molecule has 0 atom stereocenters. The fraction of sp³-hybridized carbons (Fsp3) is 0.833. The Kier molecular flexibility index (Phi) is 3.15. The van der Waals surface area contributed by atoms with Crippen LogP contribution < -0.4 is 0 Å². The van der Waals surface area contributed by atoms with Crippen LogP contribution in [0.2, 0.25) is 0 Å². The van der Waals surface area contributed by atoms with Crippen molar-refractivity contribution in [2.45, 2.75) is 12.8 Å². The molecular weight excluding hydrogens is 218 g/mol. The monoisotopic (exact) mass is 227 g/mol. The maximum absolute atomic E-state index is 10.8. The third-order valence-electron chi connectivity index (χ3n) is 2.11. The van der Waals surface area contributed by atoms with Crippen LogP contribution in [-0.4, -0.2) is 36.9 Å². The van der Waals surface area contributed by atoms with E-state index < -0.39 is 21.1 Å². The van der Waals surface area contributed by atoms with Crippen LogP contribution in [0, 0.1) is 5.92 Å². The first kappa shape index (κ1) is 10.7. The van der Waals surface area contributed by atoms with Gasteiger partial charge in [-0.05, 0) is 12.8 Å². The highest BCUT2D eigenvalue weighted by atomic mass is 35.7. The lowest BCUT2D eigenvalue weighted by Crippen LogP contribution is -2.38. The molecule has 1 saturated heterocycles. The van der Waals surface area contributed by atoms with E-state index in [4.69, 9.17) is 15.8 Å². The van der Waals surface area contributed by atoms with Gasteiger partial charge in [0.1, 0.15) is 0 Å². The van der Waals surface area contributed by atoms with E-state index in [1.807, 2.05) is 0 Å². The minimum atomic E-state index is -3.66. The summed E-state index contributed by atoms with van der Waals surface area (Å²) in [6.07, 6.45) is 0.669. The summed E-state index contributed by atoms with van der Waals surface area (Å²) in [6.45, 7) is 0.394. The summed E-state index contributed by atoms with van der Waals surface area (Å²) in [4.78, 5) is 10.5. The molecule has 1 aliphatic heterocycles. The predicted molar refractivity (Wildman–Crippen MR) is 46.7 cm³/mol. The maximum atomic E-state index is 10.8. The Hall–Kier alpha value is -0.330. The van der Waals surface area contributed by atoms with Crippen LogP contribution in [0.1, 0.15) is 12.8 Å². The van der Waals surface area contributed by atoms with Gasteiger partial charge in [-0.3, -0.25) is 4.79 Å². The minimum Gasteiger partial charge on any atom is -0.481 e. The summed E-state index contributed by atoms with van der Waals surface area (Å²) in [5, 5.41) is 8.63. The van der Waals surface area contributed by atoms with E-state index in [2.05, 4.69) is 0 Å². The zero-order valence-electron chi connectivity index (χ0n) is 6.81. The molecule has 0 amide bonds. The molecule has 7 heteroatoms. The molecule has 0 saturated carbocycles. The first-order valence-electron chi connectivity index (χ1n) is 3.84. The van der Waals surface area contributed by atoms with Crippen LogP contribution in [0.4, 0.5) is 0 Å². The first-order chi connectivity index (χ1) is 5.91. The number of hydrogen-bond acceptors (Lipinski definition) is 3. The van der Waals surface area contributed by atoms with Crippen molar-refractivity contribution in [3.63, 3.8) is 0 Å². The second-order valence-corrected chi connectivity index (χ2v) is 5.46. The van der Waals surface area contributed by atoms with E-state index in [1.165, 1.54) is 0 Å². The topological polar surface area (TPSA) is 74.7 Å². The van der Waals surface area contributed by atoms with Crippen LogP contribution in [0.15, 0.2) is 0 Å². The molecular formula is C6H10ClNO4S. The van der Waals surface area contributed by atoms with E-state index in [0.717, 1.165) is 4.31 Å². The van der Waals surface area contributed by atoms with Gasteiger partial charge >= 0.3 is 5.97 Å². The third kappa shape index (κ3) is 2.82. The highest BCUT2D eigenvalue weighted by Crippen LogP contribution is 2.20. The molecule has 0 aliphatic carbocycles. The Morgan fingerprint density at radius 2 is 1.85 bits per heavy atom.